The van der Waals surface area contributed by atoms with Gasteiger partial charge in [-0.1, -0.05) is 28.9 Å². The first kappa shape index (κ1) is 15.1. The Labute approximate surface area is 128 Å². The van der Waals surface area contributed by atoms with Gasteiger partial charge in [-0.3, -0.25) is 0 Å². The average Bonchev–Trinajstić information content (AvgIpc) is 2.52. The fourth-order valence-corrected chi connectivity index (χ4v) is 2.22. The van der Waals surface area contributed by atoms with Gasteiger partial charge in [0.1, 0.15) is 5.82 Å². The number of hydrogen-bond donors (Lipinski definition) is 2. The van der Waals surface area contributed by atoms with Crippen LogP contribution in [0.3, 0.4) is 0 Å². The standard InChI is InChI=1S/C15H17ClN4O/c1-10(11-4-3-5-13(16)8-11)20(2)14-9-12(6-7-18-14)15(17)19-21/h3-10,21H,1-2H3,(H2,17,19). The maximum Gasteiger partial charge on any atom is 0.170 e. The number of nitrogens with two attached hydrogens (primary N) is 1. The number of aromatic nitrogens is 1. The first-order chi connectivity index (χ1) is 10.0. The molecule has 1 aromatic carbocycles. The zero-order valence-corrected chi connectivity index (χ0v) is 12.6. The zero-order valence-electron chi connectivity index (χ0n) is 11.9. The molecule has 1 aromatic heterocycles. The summed E-state index contributed by atoms with van der Waals surface area (Å²) >= 11 is 6.03. The van der Waals surface area contributed by atoms with E-state index in [4.69, 9.17) is 22.5 Å². The molecule has 5 nitrogen and oxygen atoms in total. The van der Waals surface area contributed by atoms with Gasteiger partial charge in [-0.15, -0.1) is 0 Å². The van der Waals surface area contributed by atoms with Gasteiger partial charge in [0.05, 0.1) is 6.04 Å². The van der Waals surface area contributed by atoms with Gasteiger partial charge in [0.15, 0.2) is 5.84 Å². The van der Waals surface area contributed by atoms with Gasteiger partial charge < -0.3 is 15.8 Å². The third-order valence-electron chi connectivity index (χ3n) is 3.42. The normalized spacial score (nSPS) is 13.0. The monoisotopic (exact) mass is 304 g/mol. The lowest BCUT2D eigenvalue weighted by Crippen LogP contribution is -2.23. The van der Waals surface area contributed by atoms with Crippen molar-refractivity contribution in [1.29, 1.82) is 0 Å². The quantitative estimate of drug-likeness (QED) is 0.394. The molecule has 0 aliphatic heterocycles. The Morgan fingerprint density at radius 2 is 2.14 bits per heavy atom. The number of nitrogens with zero attached hydrogens (tertiary/aromatic N) is 3. The van der Waals surface area contributed by atoms with E-state index in [0.29, 0.717) is 10.6 Å². The van der Waals surface area contributed by atoms with Crippen LogP contribution in [0.5, 0.6) is 0 Å². The molecule has 2 aromatic rings. The highest BCUT2D eigenvalue weighted by atomic mass is 35.5. The molecule has 1 atom stereocenters. The van der Waals surface area contributed by atoms with E-state index in [2.05, 4.69) is 17.1 Å². The van der Waals surface area contributed by atoms with E-state index in [0.717, 1.165) is 11.4 Å². The van der Waals surface area contributed by atoms with Crippen molar-refractivity contribution in [2.45, 2.75) is 13.0 Å². The Balaban J connectivity index is 2.29. The molecular formula is C15H17ClN4O. The first-order valence-electron chi connectivity index (χ1n) is 6.45. The number of halogens is 1. The van der Waals surface area contributed by atoms with Crippen molar-refractivity contribution in [3.05, 3.63) is 58.7 Å². The van der Waals surface area contributed by atoms with Gasteiger partial charge in [-0.2, -0.15) is 0 Å². The topological polar surface area (TPSA) is 74.7 Å². The van der Waals surface area contributed by atoms with Crippen LogP contribution in [-0.2, 0) is 0 Å². The summed E-state index contributed by atoms with van der Waals surface area (Å²) < 4.78 is 0. The van der Waals surface area contributed by atoms with Gasteiger partial charge in [0.2, 0.25) is 0 Å². The van der Waals surface area contributed by atoms with E-state index in [1.165, 1.54) is 0 Å². The highest BCUT2D eigenvalue weighted by Crippen LogP contribution is 2.25. The molecule has 0 fully saturated rings. The number of oxime groups is 1. The number of pyridine rings is 1. The number of rotatable bonds is 4. The van der Waals surface area contributed by atoms with Crippen LogP contribution in [0.4, 0.5) is 5.82 Å². The summed E-state index contributed by atoms with van der Waals surface area (Å²) in [5.41, 5.74) is 7.31. The third kappa shape index (κ3) is 3.44. The van der Waals surface area contributed by atoms with Crippen LogP contribution in [0.1, 0.15) is 24.1 Å². The van der Waals surface area contributed by atoms with Gasteiger partial charge in [-0.05, 0) is 36.8 Å². The summed E-state index contributed by atoms with van der Waals surface area (Å²) in [6, 6.07) is 11.2. The smallest absolute Gasteiger partial charge is 0.170 e. The number of benzene rings is 1. The van der Waals surface area contributed by atoms with Crippen LogP contribution >= 0.6 is 11.6 Å². The Morgan fingerprint density at radius 1 is 1.38 bits per heavy atom. The van der Waals surface area contributed by atoms with Gasteiger partial charge in [-0.25, -0.2) is 4.98 Å². The number of amidine groups is 1. The maximum atomic E-state index is 8.75. The van der Waals surface area contributed by atoms with Crippen LogP contribution in [0, 0.1) is 0 Å². The second-order valence-electron chi connectivity index (χ2n) is 4.73. The molecule has 0 bridgehead atoms. The second-order valence-corrected chi connectivity index (χ2v) is 5.17. The lowest BCUT2D eigenvalue weighted by atomic mass is 10.1. The van der Waals surface area contributed by atoms with Crippen molar-refractivity contribution >= 4 is 23.3 Å². The average molecular weight is 305 g/mol. The Morgan fingerprint density at radius 3 is 2.81 bits per heavy atom. The van der Waals surface area contributed by atoms with E-state index in [9.17, 15) is 0 Å². The summed E-state index contributed by atoms with van der Waals surface area (Å²) in [5, 5.41) is 12.5. The molecular weight excluding hydrogens is 288 g/mol. The lowest BCUT2D eigenvalue weighted by Gasteiger charge is -2.26. The second kappa shape index (κ2) is 6.45. The van der Waals surface area contributed by atoms with Crippen LogP contribution in [0.25, 0.3) is 0 Å². The SMILES string of the molecule is CC(c1cccc(Cl)c1)N(C)c1cc(C(N)=NO)ccn1. The van der Waals surface area contributed by atoms with Crippen molar-refractivity contribution < 1.29 is 5.21 Å². The summed E-state index contributed by atoms with van der Waals surface area (Å²) in [5.74, 6) is 0.786. The molecule has 0 amide bonds. The molecule has 0 aliphatic carbocycles. The van der Waals surface area contributed by atoms with E-state index >= 15 is 0 Å². The molecule has 0 radical (unpaired) electrons. The van der Waals surface area contributed by atoms with Gasteiger partial charge in [0.25, 0.3) is 0 Å². The van der Waals surface area contributed by atoms with Crippen molar-refractivity contribution in [1.82, 2.24) is 4.98 Å². The summed E-state index contributed by atoms with van der Waals surface area (Å²) in [4.78, 5) is 6.33. The van der Waals surface area contributed by atoms with E-state index < -0.39 is 0 Å². The first-order valence-corrected chi connectivity index (χ1v) is 6.83. The van der Waals surface area contributed by atoms with Crippen molar-refractivity contribution in [3.8, 4) is 0 Å². The van der Waals surface area contributed by atoms with Crippen molar-refractivity contribution in [2.24, 2.45) is 10.9 Å². The lowest BCUT2D eigenvalue weighted by molar-refractivity contribution is 0.318. The number of hydrogen-bond acceptors (Lipinski definition) is 4. The van der Waals surface area contributed by atoms with E-state index in [1.807, 2.05) is 36.2 Å². The van der Waals surface area contributed by atoms with Gasteiger partial charge >= 0.3 is 0 Å². The predicted octanol–water partition coefficient (Wildman–Crippen LogP) is 3.03. The minimum absolute atomic E-state index is 0.0578. The molecule has 110 valence electrons. The predicted molar refractivity (Wildman–Crippen MR) is 85.0 cm³/mol. The summed E-state index contributed by atoms with van der Waals surface area (Å²) in [6.45, 7) is 2.06. The molecule has 0 saturated heterocycles. The van der Waals surface area contributed by atoms with Crippen molar-refractivity contribution in [3.63, 3.8) is 0 Å². The molecule has 21 heavy (non-hydrogen) atoms. The molecule has 2 rings (SSSR count). The minimum Gasteiger partial charge on any atom is -0.409 e. The van der Waals surface area contributed by atoms with Crippen LogP contribution in [0.2, 0.25) is 5.02 Å². The fraction of sp³-hybridized carbons (Fsp3) is 0.200. The fourth-order valence-electron chi connectivity index (χ4n) is 2.02. The molecule has 0 saturated carbocycles. The summed E-state index contributed by atoms with van der Waals surface area (Å²) in [6.07, 6.45) is 1.63. The van der Waals surface area contributed by atoms with E-state index in [-0.39, 0.29) is 11.9 Å². The zero-order chi connectivity index (χ0) is 15.4. The Bertz CT molecular complexity index is 660. The number of anilines is 1. The van der Waals surface area contributed by atoms with Crippen LogP contribution in [0.15, 0.2) is 47.8 Å². The highest BCUT2D eigenvalue weighted by molar-refractivity contribution is 6.30. The van der Waals surface area contributed by atoms with Gasteiger partial charge in [0, 0.05) is 23.8 Å². The Kier molecular flexibility index (Phi) is 4.65. The third-order valence-corrected chi connectivity index (χ3v) is 3.66. The molecule has 1 unspecified atom stereocenters. The largest absolute Gasteiger partial charge is 0.409 e. The molecule has 0 spiro atoms. The highest BCUT2D eigenvalue weighted by Gasteiger charge is 2.14. The van der Waals surface area contributed by atoms with Crippen LogP contribution in [-0.4, -0.2) is 23.1 Å². The van der Waals surface area contributed by atoms with Crippen LogP contribution < -0.4 is 10.6 Å². The molecule has 3 N–H and O–H groups in total. The van der Waals surface area contributed by atoms with Crippen molar-refractivity contribution in [2.75, 3.05) is 11.9 Å². The summed E-state index contributed by atoms with van der Waals surface area (Å²) in [7, 11) is 1.93. The molecule has 0 aliphatic rings. The maximum absolute atomic E-state index is 8.75. The molecule has 6 heteroatoms. The Hall–Kier alpha value is -2.27. The minimum atomic E-state index is 0.0578. The molecule has 1 heterocycles. The van der Waals surface area contributed by atoms with E-state index in [1.54, 1.807) is 18.3 Å².